The number of imidazole rings is 1. The fourth-order valence-electron chi connectivity index (χ4n) is 4.74. The zero-order chi connectivity index (χ0) is 27.1. The highest BCUT2D eigenvalue weighted by molar-refractivity contribution is 7.08. The smallest absolute Gasteiger partial charge is 0.228 e. The van der Waals surface area contributed by atoms with Gasteiger partial charge in [-0.2, -0.15) is 16.4 Å². The zero-order valence-electron chi connectivity index (χ0n) is 20.9. The standard InChI is InChI=1S/C30H20FN7OS/c31-23-13-19(20-11-21(15-32-14-20)34-25(39)10-17-4-2-1-3-5-17)12-22-27(23)37-38-28(22)30-35-24-6-8-33-26(29(24)36-30)18-7-9-40-16-18/h1-9,11-16H,10H2,(H,34,39)(H,35,36)(H,37,38). The number of anilines is 1. The third kappa shape index (κ3) is 4.40. The van der Waals surface area contributed by atoms with Crippen LogP contribution in [0.5, 0.6) is 0 Å². The first-order valence-electron chi connectivity index (χ1n) is 12.5. The van der Waals surface area contributed by atoms with E-state index in [1.165, 1.54) is 6.07 Å². The Balaban J connectivity index is 1.24. The van der Waals surface area contributed by atoms with Gasteiger partial charge in [-0.15, -0.1) is 0 Å². The maximum Gasteiger partial charge on any atom is 0.228 e. The van der Waals surface area contributed by atoms with Gasteiger partial charge in [-0.25, -0.2) is 9.37 Å². The fourth-order valence-corrected chi connectivity index (χ4v) is 5.38. The monoisotopic (exact) mass is 545 g/mol. The van der Waals surface area contributed by atoms with E-state index in [2.05, 4.69) is 30.5 Å². The molecule has 10 heteroatoms. The predicted octanol–water partition coefficient (Wildman–Crippen LogP) is 6.61. The average Bonchev–Trinajstić information content (AvgIpc) is 3.73. The second kappa shape index (κ2) is 9.83. The highest BCUT2D eigenvalue weighted by Gasteiger charge is 2.19. The van der Waals surface area contributed by atoms with Gasteiger partial charge in [0.25, 0.3) is 0 Å². The highest BCUT2D eigenvalue weighted by atomic mass is 32.1. The quantitative estimate of drug-likeness (QED) is 0.218. The Morgan fingerprint density at radius 2 is 1.88 bits per heavy atom. The molecule has 0 radical (unpaired) electrons. The molecule has 0 saturated carbocycles. The molecule has 5 heterocycles. The molecular weight excluding hydrogens is 525 g/mol. The minimum absolute atomic E-state index is 0.162. The van der Waals surface area contributed by atoms with Crippen LogP contribution in [0.4, 0.5) is 10.1 Å². The number of carbonyl (C=O) groups excluding carboxylic acids is 1. The molecule has 0 aliphatic heterocycles. The summed E-state index contributed by atoms with van der Waals surface area (Å²) < 4.78 is 15.3. The Hall–Kier alpha value is -5.22. The summed E-state index contributed by atoms with van der Waals surface area (Å²) in [5.41, 5.74) is 6.72. The first-order chi connectivity index (χ1) is 19.6. The number of aromatic amines is 2. The maximum absolute atomic E-state index is 15.3. The molecule has 1 amide bonds. The summed E-state index contributed by atoms with van der Waals surface area (Å²) in [5.74, 6) is -0.117. The molecule has 3 N–H and O–H groups in total. The average molecular weight is 546 g/mol. The number of carbonyl (C=O) groups is 1. The van der Waals surface area contributed by atoms with Crippen LogP contribution in [-0.4, -0.2) is 36.0 Å². The van der Waals surface area contributed by atoms with Gasteiger partial charge in [-0.05, 0) is 46.8 Å². The van der Waals surface area contributed by atoms with Crippen molar-refractivity contribution in [1.82, 2.24) is 30.1 Å². The van der Waals surface area contributed by atoms with E-state index in [4.69, 9.17) is 4.98 Å². The Morgan fingerprint density at radius 3 is 2.73 bits per heavy atom. The second-order valence-electron chi connectivity index (χ2n) is 9.28. The number of H-pyrrole nitrogens is 2. The van der Waals surface area contributed by atoms with Crippen molar-refractivity contribution in [3.8, 4) is 33.9 Å². The van der Waals surface area contributed by atoms with Crippen molar-refractivity contribution < 1.29 is 9.18 Å². The minimum atomic E-state index is -0.457. The number of halogens is 1. The molecule has 40 heavy (non-hydrogen) atoms. The second-order valence-corrected chi connectivity index (χ2v) is 10.1. The lowest BCUT2D eigenvalue weighted by atomic mass is 10.0. The number of nitrogens with one attached hydrogen (secondary N) is 3. The Labute approximate surface area is 231 Å². The number of nitrogens with zero attached hydrogens (tertiary/aromatic N) is 4. The fraction of sp³-hybridized carbons (Fsp3) is 0.0333. The number of fused-ring (bicyclic) bond motifs is 2. The molecule has 0 saturated heterocycles. The van der Waals surface area contributed by atoms with Gasteiger partial charge in [0.15, 0.2) is 5.82 Å². The number of thiophene rings is 1. The molecule has 0 fully saturated rings. The van der Waals surface area contributed by atoms with Gasteiger partial charge in [0, 0.05) is 34.3 Å². The molecule has 0 bridgehead atoms. The van der Waals surface area contributed by atoms with Crippen LogP contribution in [0.25, 0.3) is 55.8 Å². The van der Waals surface area contributed by atoms with Crippen LogP contribution in [0.3, 0.4) is 0 Å². The van der Waals surface area contributed by atoms with Gasteiger partial charge in [0.05, 0.1) is 29.5 Å². The van der Waals surface area contributed by atoms with E-state index in [0.29, 0.717) is 39.2 Å². The molecule has 194 valence electrons. The van der Waals surface area contributed by atoms with E-state index in [1.54, 1.807) is 36.0 Å². The van der Waals surface area contributed by atoms with Gasteiger partial charge >= 0.3 is 0 Å². The van der Waals surface area contributed by atoms with Crippen LogP contribution in [0.15, 0.2) is 90.0 Å². The number of aromatic nitrogens is 6. The third-order valence-electron chi connectivity index (χ3n) is 6.61. The van der Waals surface area contributed by atoms with E-state index >= 15 is 4.39 Å². The summed E-state index contributed by atoms with van der Waals surface area (Å²) in [6.07, 6.45) is 5.17. The molecule has 8 nitrogen and oxygen atoms in total. The van der Waals surface area contributed by atoms with Crippen molar-refractivity contribution in [2.75, 3.05) is 5.32 Å². The SMILES string of the molecule is O=C(Cc1ccccc1)Nc1cncc(-c2cc(F)c3[nH]nc(-c4nc5c(-c6ccsc6)nccc5[nH]4)c3c2)c1. The van der Waals surface area contributed by atoms with E-state index < -0.39 is 5.82 Å². The summed E-state index contributed by atoms with van der Waals surface area (Å²) in [4.78, 5) is 29.5. The predicted molar refractivity (Wildman–Crippen MR) is 154 cm³/mol. The lowest BCUT2D eigenvalue weighted by Gasteiger charge is -2.08. The number of rotatable bonds is 6. The molecular formula is C30H20FN7OS. The number of hydrogen-bond acceptors (Lipinski definition) is 6. The number of amides is 1. The van der Waals surface area contributed by atoms with E-state index in [9.17, 15) is 4.79 Å². The van der Waals surface area contributed by atoms with Crippen LogP contribution in [-0.2, 0) is 11.2 Å². The molecule has 0 unspecified atom stereocenters. The molecule has 0 aliphatic carbocycles. The van der Waals surface area contributed by atoms with Gasteiger partial charge in [-0.1, -0.05) is 30.3 Å². The summed E-state index contributed by atoms with van der Waals surface area (Å²) in [6, 6.07) is 18.4. The topological polar surface area (TPSA) is 112 Å². The zero-order valence-corrected chi connectivity index (χ0v) is 21.7. The van der Waals surface area contributed by atoms with E-state index in [0.717, 1.165) is 22.3 Å². The Morgan fingerprint density at radius 1 is 0.975 bits per heavy atom. The normalized spacial score (nSPS) is 11.3. The molecule has 0 spiro atoms. The molecule has 2 aromatic carbocycles. The number of hydrogen-bond donors (Lipinski definition) is 3. The van der Waals surface area contributed by atoms with Gasteiger partial charge in [0.2, 0.25) is 5.91 Å². The van der Waals surface area contributed by atoms with Crippen molar-refractivity contribution >= 4 is 44.9 Å². The largest absolute Gasteiger partial charge is 0.336 e. The molecule has 7 aromatic rings. The van der Waals surface area contributed by atoms with Crippen LogP contribution >= 0.6 is 11.3 Å². The van der Waals surface area contributed by atoms with Crippen molar-refractivity contribution in [3.05, 3.63) is 101 Å². The Kier molecular flexibility index (Phi) is 5.86. The maximum atomic E-state index is 15.3. The van der Waals surface area contributed by atoms with Gasteiger partial charge in [-0.3, -0.25) is 19.9 Å². The minimum Gasteiger partial charge on any atom is -0.336 e. The third-order valence-corrected chi connectivity index (χ3v) is 7.29. The molecule has 0 atom stereocenters. The summed E-state index contributed by atoms with van der Waals surface area (Å²) >= 11 is 1.59. The first kappa shape index (κ1) is 23.9. The van der Waals surface area contributed by atoms with Crippen molar-refractivity contribution in [3.63, 3.8) is 0 Å². The number of benzene rings is 2. The summed E-state index contributed by atoms with van der Waals surface area (Å²) in [5, 5.41) is 14.7. The number of pyridine rings is 2. The lowest BCUT2D eigenvalue weighted by Crippen LogP contribution is -2.14. The van der Waals surface area contributed by atoms with Gasteiger partial charge < -0.3 is 10.3 Å². The Bertz CT molecular complexity index is 2000. The summed E-state index contributed by atoms with van der Waals surface area (Å²) in [6.45, 7) is 0. The summed E-state index contributed by atoms with van der Waals surface area (Å²) in [7, 11) is 0. The van der Waals surface area contributed by atoms with Crippen LogP contribution in [0.1, 0.15) is 5.56 Å². The van der Waals surface area contributed by atoms with Crippen molar-refractivity contribution in [1.29, 1.82) is 0 Å². The van der Waals surface area contributed by atoms with Crippen LogP contribution in [0.2, 0.25) is 0 Å². The van der Waals surface area contributed by atoms with Gasteiger partial charge in [0.1, 0.15) is 22.5 Å². The van der Waals surface area contributed by atoms with E-state index in [-0.39, 0.29) is 17.8 Å². The van der Waals surface area contributed by atoms with Crippen LogP contribution in [0, 0.1) is 5.82 Å². The molecule has 7 rings (SSSR count). The van der Waals surface area contributed by atoms with Crippen LogP contribution < -0.4 is 5.32 Å². The van der Waals surface area contributed by atoms with Crippen molar-refractivity contribution in [2.45, 2.75) is 6.42 Å². The first-order valence-corrected chi connectivity index (χ1v) is 13.4. The van der Waals surface area contributed by atoms with E-state index in [1.807, 2.05) is 59.3 Å². The lowest BCUT2D eigenvalue weighted by molar-refractivity contribution is -0.115. The highest BCUT2D eigenvalue weighted by Crippen LogP contribution is 2.34. The molecule has 0 aliphatic rings. The molecule has 5 aromatic heterocycles. The van der Waals surface area contributed by atoms with Crippen molar-refractivity contribution in [2.24, 2.45) is 0 Å².